The molecule has 1 heterocycles. The first-order valence-corrected chi connectivity index (χ1v) is 10.4. The zero-order chi connectivity index (χ0) is 24.2. The molecule has 8 nitrogen and oxygen atoms in total. The van der Waals surface area contributed by atoms with Crippen LogP contribution < -0.4 is 0 Å². The Balaban J connectivity index is 1.93. The highest BCUT2D eigenvalue weighted by Crippen LogP contribution is 2.32. The van der Waals surface area contributed by atoms with Crippen molar-refractivity contribution in [1.29, 1.82) is 0 Å². The SMILES string of the molecule is CC(C)(C)c1ccc(N=N/C(C(=O)Cc2ccc([N+](=O)[O-])cc2)=C(\O)c2ccco2)c(Cl)c1. The van der Waals surface area contributed by atoms with Crippen molar-refractivity contribution in [3.8, 4) is 0 Å². The molecule has 0 unspecified atom stereocenters. The molecule has 0 saturated heterocycles. The number of nitro benzene ring substituents is 1. The lowest BCUT2D eigenvalue weighted by Gasteiger charge is -2.19. The Morgan fingerprint density at radius 1 is 1.15 bits per heavy atom. The molecule has 0 aliphatic rings. The van der Waals surface area contributed by atoms with Gasteiger partial charge >= 0.3 is 0 Å². The lowest BCUT2D eigenvalue weighted by Crippen LogP contribution is -2.10. The van der Waals surface area contributed by atoms with Crippen molar-refractivity contribution >= 4 is 34.5 Å². The number of carbonyl (C=O) groups excluding carboxylic acids is 1. The van der Waals surface area contributed by atoms with Crippen LogP contribution in [0.2, 0.25) is 5.02 Å². The normalized spacial score (nSPS) is 12.6. The highest BCUT2D eigenvalue weighted by atomic mass is 35.5. The molecule has 1 aromatic heterocycles. The molecule has 3 aromatic rings. The van der Waals surface area contributed by atoms with Crippen LogP contribution in [-0.4, -0.2) is 15.8 Å². The largest absolute Gasteiger partial charge is 0.503 e. The van der Waals surface area contributed by atoms with Gasteiger partial charge in [0, 0.05) is 18.6 Å². The Kier molecular flexibility index (Phi) is 7.08. The van der Waals surface area contributed by atoms with Crippen LogP contribution in [0.4, 0.5) is 11.4 Å². The van der Waals surface area contributed by atoms with E-state index >= 15 is 0 Å². The van der Waals surface area contributed by atoms with Gasteiger partial charge < -0.3 is 9.52 Å². The predicted molar refractivity (Wildman–Crippen MR) is 125 cm³/mol. The third-order valence-corrected chi connectivity index (χ3v) is 5.13. The summed E-state index contributed by atoms with van der Waals surface area (Å²) >= 11 is 6.36. The molecule has 0 fully saturated rings. The Bertz CT molecular complexity index is 1220. The maximum Gasteiger partial charge on any atom is 0.269 e. The number of rotatable bonds is 7. The Labute approximate surface area is 195 Å². The number of allylic oxidation sites excluding steroid dienone is 1. The molecule has 0 aliphatic carbocycles. The number of nitro groups is 1. The number of azo groups is 1. The summed E-state index contributed by atoms with van der Waals surface area (Å²) in [6.45, 7) is 6.16. The van der Waals surface area contributed by atoms with Crippen LogP contribution in [0.15, 0.2) is 81.2 Å². The van der Waals surface area contributed by atoms with Crippen molar-refractivity contribution in [2.75, 3.05) is 0 Å². The van der Waals surface area contributed by atoms with E-state index < -0.39 is 16.5 Å². The number of carbonyl (C=O) groups is 1. The minimum atomic E-state index is -0.552. The number of hydrogen-bond acceptors (Lipinski definition) is 7. The minimum Gasteiger partial charge on any atom is -0.503 e. The van der Waals surface area contributed by atoms with E-state index in [1.54, 1.807) is 18.2 Å². The van der Waals surface area contributed by atoms with Gasteiger partial charge in [-0.25, -0.2) is 0 Å². The van der Waals surface area contributed by atoms with Crippen LogP contribution >= 0.6 is 11.6 Å². The quantitative estimate of drug-likeness (QED) is 0.132. The van der Waals surface area contributed by atoms with E-state index in [-0.39, 0.29) is 29.0 Å². The van der Waals surface area contributed by atoms with Crippen LogP contribution in [0.25, 0.3) is 5.76 Å². The number of hydrogen-bond donors (Lipinski definition) is 1. The maximum absolute atomic E-state index is 13.0. The summed E-state index contributed by atoms with van der Waals surface area (Å²) in [7, 11) is 0. The summed E-state index contributed by atoms with van der Waals surface area (Å²) < 4.78 is 5.18. The summed E-state index contributed by atoms with van der Waals surface area (Å²) in [6.07, 6.45) is 1.19. The molecule has 9 heteroatoms. The second kappa shape index (κ2) is 9.79. The number of ketones is 1. The topological polar surface area (TPSA) is 118 Å². The zero-order valence-electron chi connectivity index (χ0n) is 18.3. The molecule has 0 saturated carbocycles. The van der Waals surface area contributed by atoms with Crippen molar-refractivity contribution in [3.63, 3.8) is 0 Å². The van der Waals surface area contributed by atoms with E-state index in [1.165, 1.54) is 36.6 Å². The van der Waals surface area contributed by atoms with Gasteiger partial charge in [0.05, 0.1) is 16.2 Å². The van der Waals surface area contributed by atoms with Crippen LogP contribution in [0.5, 0.6) is 0 Å². The van der Waals surface area contributed by atoms with E-state index in [0.29, 0.717) is 16.3 Å². The second-order valence-electron chi connectivity index (χ2n) is 8.31. The van der Waals surface area contributed by atoms with Crippen molar-refractivity contribution < 1.29 is 19.2 Å². The molecular formula is C24H22ClN3O5. The fourth-order valence-electron chi connectivity index (χ4n) is 2.93. The lowest BCUT2D eigenvalue weighted by molar-refractivity contribution is -0.384. The maximum atomic E-state index is 13.0. The molecule has 0 aliphatic heterocycles. The molecule has 3 rings (SSSR count). The lowest BCUT2D eigenvalue weighted by atomic mass is 9.87. The molecule has 1 N–H and O–H groups in total. The number of aliphatic hydroxyl groups is 1. The summed E-state index contributed by atoms with van der Waals surface area (Å²) in [5.41, 5.74) is 1.33. The zero-order valence-corrected chi connectivity index (χ0v) is 19.0. The van der Waals surface area contributed by atoms with Crippen LogP contribution in [0, 0.1) is 10.1 Å². The average molecular weight is 468 g/mol. The van der Waals surface area contributed by atoms with E-state index in [9.17, 15) is 20.0 Å². The Morgan fingerprint density at radius 2 is 1.85 bits per heavy atom. The van der Waals surface area contributed by atoms with Gasteiger partial charge in [-0.15, -0.1) is 10.2 Å². The number of Topliss-reactive ketones (excluding diaryl/α,β-unsaturated/α-hetero) is 1. The van der Waals surface area contributed by atoms with Gasteiger partial charge in [-0.1, -0.05) is 50.6 Å². The van der Waals surface area contributed by atoms with E-state index in [1.807, 2.05) is 6.07 Å². The fraction of sp³-hybridized carbons (Fsp3) is 0.208. The van der Waals surface area contributed by atoms with Gasteiger partial charge in [-0.3, -0.25) is 14.9 Å². The minimum absolute atomic E-state index is 0.0511. The third-order valence-electron chi connectivity index (χ3n) is 4.83. The van der Waals surface area contributed by atoms with Gasteiger partial charge in [0.25, 0.3) is 5.69 Å². The molecule has 2 aromatic carbocycles. The van der Waals surface area contributed by atoms with Gasteiger partial charge in [0.15, 0.2) is 23.0 Å². The van der Waals surface area contributed by atoms with Crippen molar-refractivity contribution in [1.82, 2.24) is 0 Å². The summed E-state index contributed by atoms with van der Waals surface area (Å²) in [4.78, 5) is 23.3. The number of halogens is 1. The fourth-order valence-corrected chi connectivity index (χ4v) is 3.15. The Hall–Kier alpha value is -3.78. The number of non-ortho nitro benzene ring substituents is 1. The van der Waals surface area contributed by atoms with Crippen molar-refractivity contribution in [2.45, 2.75) is 32.6 Å². The Morgan fingerprint density at radius 3 is 2.39 bits per heavy atom. The second-order valence-corrected chi connectivity index (χ2v) is 8.72. The third kappa shape index (κ3) is 5.93. The molecule has 33 heavy (non-hydrogen) atoms. The number of benzene rings is 2. The van der Waals surface area contributed by atoms with Gasteiger partial charge in [-0.05, 0) is 40.8 Å². The molecule has 170 valence electrons. The van der Waals surface area contributed by atoms with Gasteiger partial charge in [0.2, 0.25) is 0 Å². The van der Waals surface area contributed by atoms with Crippen molar-refractivity contribution in [3.05, 3.63) is 98.6 Å². The highest BCUT2D eigenvalue weighted by Gasteiger charge is 2.20. The van der Waals surface area contributed by atoms with Crippen LogP contribution in [0.1, 0.15) is 37.7 Å². The number of aliphatic hydroxyl groups excluding tert-OH is 1. The molecule has 0 spiro atoms. The standard InChI is InChI=1S/C24H22ClN3O5/c1-24(2,3)16-8-11-19(18(25)14-16)26-27-22(23(30)21-5-4-12-33-21)20(29)13-15-6-9-17(10-7-15)28(31)32/h4-12,14,30H,13H2,1-3H3/b23-22-,27-26?. The van der Waals surface area contributed by atoms with E-state index in [0.717, 1.165) is 5.56 Å². The highest BCUT2D eigenvalue weighted by molar-refractivity contribution is 6.33. The first kappa shape index (κ1) is 23.9. The van der Waals surface area contributed by atoms with Crippen LogP contribution in [-0.2, 0) is 16.6 Å². The summed E-state index contributed by atoms with van der Waals surface area (Å²) in [5, 5.41) is 29.9. The van der Waals surface area contributed by atoms with Crippen molar-refractivity contribution in [2.24, 2.45) is 10.2 Å². The average Bonchev–Trinajstić information content (AvgIpc) is 3.29. The first-order chi connectivity index (χ1) is 15.6. The first-order valence-electron chi connectivity index (χ1n) is 10.0. The smallest absolute Gasteiger partial charge is 0.269 e. The number of furan rings is 1. The number of nitrogens with zero attached hydrogens (tertiary/aromatic N) is 3. The molecule has 0 amide bonds. The predicted octanol–water partition coefficient (Wildman–Crippen LogP) is 6.96. The van der Waals surface area contributed by atoms with E-state index in [2.05, 4.69) is 31.0 Å². The van der Waals surface area contributed by atoms with E-state index in [4.69, 9.17) is 16.0 Å². The molecule has 0 radical (unpaired) electrons. The summed E-state index contributed by atoms with van der Waals surface area (Å²) in [6, 6.07) is 13.9. The molecule has 0 bridgehead atoms. The monoisotopic (exact) mass is 467 g/mol. The van der Waals surface area contributed by atoms with Crippen LogP contribution in [0.3, 0.4) is 0 Å². The van der Waals surface area contributed by atoms with Gasteiger partial charge in [0.1, 0.15) is 5.69 Å². The summed E-state index contributed by atoms with van der Waals surface area (Å²) in [5.74, 6) is -0.975. The van der Waals surface area contributed by atoms with Gasteiger partial charge in [-0.2, -0.15) is 0 Å². The molecular weight excluding hydrogens is 446 g/mol. The molecule has 0 atom stereocenters.